The van der Waals surface area contributed by atoms with Gasteiger partial charge in [-0.05, 0) is 62.4 Å². The van der Waals surface area contributed by atoms with E-state index in [2.05, 4.69) is 32.3 Å². The van der Waals surface area contributed by atoms with Crippen LogP contribution in [0.15, 0.2) is 42.7 Å². The summed E-state index contributed by atoms with van der Waals surface area (Å²) in [5.74, 6) is -0.625. The van der Waals surface area contributed by atoms with Gasteiger partial charge < -0.3 is 19.1 Å². The molecule has 1 saturated carbocycles. The predicted octanol–water partition coefficient (Wildman–Crippen LogP) is 4.51. The van der Waals surface area contributed by atoms with Crippen molar-refractivity contribution in [1.82, 2.24) is 24.4 Å². The van der Waals surface area contributed by atoms with Gasteiger partial charge in [0.1, 0.15) is 11.4 Å². The molecule has 3 aromatic heterocycles. The number of pyridine rings is 2. The number of hydrogen-bond donors (Lipinski definition) is 2. The number of anilines is 1. The van der Waals surface area contributed by atoms with Crippen molar-refractivity contribution < 1.29 is 23.8 Å². The number of ether oxygens (including phenoxy) is 2. The number of imidazole rings is 1. The number of aromatic nitrogens is 4. The van der Waals surface area contributed by atoms with Crippen LogP contribution in [0.5, 0.6) is 5.75 Å². The molecule has 0 unspecified atom stereocenters. The first-order valence-corrected chi connectivity index (χ1v) is 14.4. The fourth-order valence-corrected chi connectivity index (χ4v) is 5.94. The molecular weight excluding hydrogens is 539 g/mol. The first-order valence-electron chi connectivity index (χ1n) is 14.4. The molecule has 42 heavy (non-hydrogen) atoms. The molecule has 1 aliphatic carbocycles. The second-order valence-electron chi connectivity index (χ2n) is 11.0. The minimum Gasteiger partial charge on any atom is -0.496 e. The molecule has 0 radical (unpaired) electrons. The molecule has 2 fully saturated rings. The van der Waals surface area contributed by atoms with Crippen LogP contribution in [-0.2, 0) is 11.3 Å². The third-order valence-electron chi connectivity index (χ3n) is 8.11. The van der Waals surface area contributed by atoms with Crippen molar-refractivity contribution in [2.24, 2.45) is 0 Å². The Hall–Kier alpha value is -3.93. The number of halogens is 1. The summed E-state index contributed by atoms with van der Waals surface area (Å²) in [5.41, 5.74) is 3.46. The normalized spacial score (nSPS) is 19.6. The van der Waals surface area contributed by atoms with Crippen molar-refractivity contribution in [2.75, 3.05) is 38.7 Å². The van der Waals surface area contributed by atoms with Gasteiger partial charge in [-0.3, -0.25) is 20.0 Å². The minimum atomic E-state index is -0.763. The number of carbonyl (C=O) groups is 1. The summed E-state index contributed by atoms with van der Waals surface area (Å²) < 4.78 is 28.8. The number of aliphatic hydroxyl groups excluding tert-OH is 1. The van der Waals surface area contributed by atoms with Gasteiger partial charge in [0.2, 0.25) is 5.95 Å². The van der Waals surface area contributed by atoms with E-state index in [0.29, 0.717) is 35.8 Å². The van der Waals surface area contributed by atoms with Crippen molar-refractivity contribution in [3.8, 4) is 17.0 Å². The lowest BCUT2D eigenvalue weighted by Crippen LogP contribution is -2.35. The molecule has 0 spiro atoms. The maximum Gasteiger partial charge on any atom is 0.261 e. The van der Waals surface area contributed by atoms with Crippen LogP contribution < -0.4 is 10.1 Å². The molecule has 1 aromatic carbocycles. The van der Waals surface area contributed by atoms with E-state index in [4.69, 9.17) is 14.5 Å². The monoisotopic (exact) mass is 574 g/mol. The molecule has 4 aromatic rings. The third-order valence-corrected chi connectivity index (χ3v) is 8.11. The van der Waals surface area contributed by atoms with Crippen molar-refractivity contribution in [3.05, 3.63) is 65.4 Å². The Bertz CT molecular complexity index is 1590. The van der Waals surface area contributed by atoms with E-state index in [1.54, 1.807) is 19.2 Å². The highest BCUT2D eigenvalue weighted by molar-refractivity contribution is 6.05. The number of amides is 1. The third kappa shape index (κ3) is 5.72. The molecule has 11 heteroatoms. The second kappa shape index (κ2) is 12.1. The summed E-state index contributed by atoms with van der Waals surface area (Å²) in [7, 11) is 1.49. The number of methoxy groups -OCH3 is 1. The molecule has 2 N–H and O–H groups in total. The molecule has 4 heterocycles. The Morgan fingerprint density at radius 3 is 2.69 bits per heavy atom. The molecular formula is C31H35FN6O4. The van der Waals surface area contributed by atoms with E-state index in [9.17, 15) is 9.90 Å². The van der Waals surface area contributed by atoms with Gasteiger partial charge in [0.05, 0.1) is 48.6 Å². The number of carbonyl (C=O) groups excluding carboxylic acids is 1. The number of morpholine rings is 1. The number of rotatable bonds is 7. The number of nitrogens with one attached hydrogen (secondary N) is 1. The van der Waals surface area contributed by atoms with E-state index in [0.717, 1.165) is 62.3 Å². The highest BCUT2D eigenvalue weighted by Gasteiger charge is 2.28. The number of aryl methyl sites for hydroxylation is 1. The standard InChI is InChI=1S/C31H35FN6O4/c1-19-15-23(28(32)29(34-19)24-17-33-10-9-27(24)41-2)30(40)36-31-35-25-16-20(18-37-11-13-42-14-12-37)3-8-26(25)38(31)21-4-6-22(39)7-5-21/h3,8-10,15-17,21-22,39H,4-7,11-14,18H2,1-2H3,(H,35,36,40)/t21-,22+. The summed E-state index contributed by atoms with van der Waals surface area (Å²) in [6.45, 7) is 5.69. The molecule has 10 nitrogen and oxygen atoms in total. The lowest BCUT2D eigenvalue weighted by molar-refractivity contribution is 0.0342. The summed E-state index contributed by atoms with van der Waals surface area (Å²) in [6, 6.07) is 9.29. The number of hydrogen-bond acceptors (Lipinski definition) is 8. The summed E-state index contributed by atoms with van der Waals surface area (Å²) in [4.78, 5) is 29.3. The summed E-state index contributed by atoms with van der Waals surface area (Å²) >= 11 is 0. The average molecular weight is 575 g/mol. The number of nitrogens with zero attached hydrogens (tertiary/aromatic N) is 5. The fraction of sp³-hybridized carbons (Fsp3) is 0.419. The molecule has 1 aliphatic heterocycles. The molecule has 1 saturated heterocycles. The zero-order valence-electron chi connectivity index (χ0n) is 23.8. The van der Waals surface area contributed by atoms with Gasteiger partial charge in [-0.1, -0.05) is 6.07 Å². The van der Waals surface area contributed by atoms with E-state index >= 15 is 4.39 Å². The fourth-order valence-electron chi connectivity index (χ4n) is 5.94. The van der Waals surface area contributed by atoms with Crippen molar-refractivity contribution in [1.29, 1.82) is 0 Å². The van der Waals surface area contributed by atoms with Crippen LogP contribution in [0.25, 0.3) is 22.3 Å². The van der Waals surface area contributed by atoms with Gasteiger partial charge in [-0.15, -0.1) is 0 Å². The topological polar surface area (TPSA) is 115 Å². The summed E-state index contributed by atoms with van der Waals surface area (Å²) in [6.07, 6.45) is 5.52. The van der Waals surface area contributed by atoms with Crippen LogP contribution in [0.1, 0.15) is 53.3 Å². The first kappa shape index (κ1) is 28.2. The molecule has 2 aliphatic rings. The van der Waals surface area contributed by atoms with Crippen molar-refractivity contribution in [3.63, 3.8) is 0 Å². The van der Waals surface area contributed by atoms with Gasteiger partial charge in [0, 0.05) is 43.8 Å². The van der Waals surface area contributed by atoms with Crippen LogP contribution in [0.2, 0.25) is 0 Å². The second-order valence-corrected chi connectivity index (χ2v) is 11.0. The Labute approximate surface area is 243 Å². The Morgan fingerprint density at radius 2 is 1.93 bits per heavy atom. The largest absolute Gasteiger partial charge is 0.496 e. The molecule has 1 amide bonds. The lowest BCUT2D eigenvalue weighted by atomic mass is 9.93. The Kier molecular flexibility index (Phi) is 8.14. The molecule has 220 valence electrons. The molecule has 6 rings (SSSR count). The molecule has 0 bridgehead atoms. The van der Waals surface area contributed by atoms with Crippen LogP contribution in [0.4, 0.5) is 10.3 Å². The summed E-state index contributed by atoms with van der Waals surface area (Å²) in [5, 5.41) is 13.0. The number of benzene rings is 1. The Morgan fingerprint density at radius 1 is 1.14 bits per heavy atom. The van der Waals surface area contributed by atoms with Gasteiger partial charge in [0.25, 0.3) is 5.91 Å². The maximum absolute atomic E-state index is 15.9. The SMILES string of the molecule is COc1ccncc1-c1nc(C)cc(C(=O)Nc2nc3cc(CN4CCOCC4)ccc3n2[C@H]2CC[C@@H](O)CC2)c1F. The van der Waals surface area contributed by atoms with E-state index in [-0.39, 0.29) is 23.4 Å². The van der Waals surface area contributed by atoms with Crippen LogP contribution in [0, 0.1) is 12.7 Å². The number of aliphatic hydroxyl groups is 1. The van der Waals surface area contributed by atoms with Gasteiger partial charge in [-0.2, -0.15) is 0 Å². The van der Waals surface area contributed by atoms with Crippen molar-refractivity contribution in [2.45, 2.75) is 51.3 Å². The maximum atomic E-state index is 15.9. The van der Waals surface area contributed by atoms with E-state index in [1.165, 1.54) is 19.4 Å². The quantitative estimate of drug-likeness (QED) is 0.332. The van der Waals surface area contributed by atoms with Crippen molar-refractivity contribution >= 4 is 22.9 Å². The van der Waals surface area contributed by atoms with Gasteiger partial charge in [0.15, 0.2) is 5.82 Å². The van der Waals surface area contributed by atoms with Crippen LogP contribution in [-0.4, -0.2) is 74.9 Å². The zero-order chi connectivity index (χ0) is 29.2. The first-order chi connectivity index (χ1) is 20.4. The molecule has 0 atom stereocenters. The van der Waals surface area contributed by atoms with Gasteiger partial charge >= 0.3 is 0 Å². The van der Waals surface area contributed by atoms with E-state index in [1.807, 2.05) is 10.6 Å². The van der Waals surface area contributed by atoms with Gasteiger partial charge in [-0.25, -0.2) is 14.4 Å². The Balaban J connectivity index is 1.36. The smallest absolute Gasteiger partial charge is 0.261 e. The van der Waals surface area contributed by atoms with Crippen LogP contribution >= 0.6 is 0 Å². The van der Waals surface area contributed by atoms with Crippen LogP contribution in [0.3, 0.4) is 0 Å². The predicted molar refractivity (Wildman–Crippen MR) is 156 cm³/mol. The lowest BCUT2D eigenvalue weighted by Gasteiger charge is -2.28. The number of fused-ring (bicyclic) bond motifs is 1. The highest BCUT2D eigenvalue weighted by atomic mass is 19.1. The highest BCUT2D eigenvalue weighted by Crippen LogP contribution is 2.36. The zero-order valence-corrected chi connectivity index (χ0v) is 23.8. The van der Waals surface area contributed by atoms with E-state index < -0.39 is 11.7 Å². The minimum absolute atomic E-state index is 0.00683. The average Bonchev–Trinajstić information content (AvgIpc) is 3.35.